The summed E-state index contributed by atoms with van der Waals surface area (Å²) in [7, 11) is 4.02. The van der Waals surface area contributed by atoms with Crippen LogP contribution in [0.5, 0.6) is 0 Å². The molecule has 1 unspecified atom stereocenters. The summed E-state index contributed by atoms with van der Waals surface area (Å²) in [5.74, 6) is 0.358. The van der Waals surface area contributed by atoms with Crippen LogP contribution in [0.1, 0.15) is 19.3 Å². The molecule has 0 N–H and O–H groups in total. The van der Waals surface area contributed by atoms with Gasteiger partial charge in [-0.3, -0.25) is 4.79 Å². The molecule has 0 aromatic rings. The van der Waals surface area contributed by atoms with Crippen LogP contribution in [0.15, 0.2) is 5.10 Å². The Bertz CT molecular complexity index is 273. The highest BCUT2D eigenvalue weighted by Gasteiger charge is 2.38. The van der Waals surface area contributed by atoms with Crippen molar-refractivity contribution in [3.63, 3.8) is 0 Å². The second-order valence-corrected chi connectivity index (χ2v) is 4.30. The van der Waals surface area contributed by atoms with E-state index in [1.54, 1.807) is 5.01 Å². The molecule has 14 heavy (non-hydrogen) atoms. The van der Waals surface area contributed by atoms with Gasteiger partial charge in [-0.25, -0.2) is 5.01 Å². The maximum atomic E-state index is 11.8. The second-order valence-electron chi connectivity index (χ2n) is 4.30. The van der Waals surface area contributed by atoms with Gasteiger partial charge in [0.2, 0.25) is 0 Å². The van der Waals surface area contributed by atoms with E-state index in [2.05, 4.69) is 10.0 Å². The Hall–Kier alpha value is -0.900. The molecule has 0 spiro atoms. The Labute approximate surface area is 84.6 Å². The standard InChI is InChI=1S/C10H17N3O/c1-12(2)6-7-13-10(14)8-4-3-5-9(8)11-13/h8H,3-7H2,1-2H3. The molecule has 4 nitrogen and oxygen atoms in total. The van der Waals surface area contributed by atoms with Crippen LogP contribution in [-0.4, -0.2) is 48.7 Å². The van der Waals surface area contributed by atoms with E-state index in [4.69, 9.17) is 0 Å². The molecule has 1 amide bonds. The highest BCUT2D eigenvalue weighted by molar-refractivity contribution is 6.09. The van der Waals surface area contributed by atoms with Crippen molar-refractivity contribution in [2.24, 2.45) is 11.0 Å². The van der Waals surface area contributed by atoms with Crippen LogP contribution in [0.25, 0.3) is 0 Å². The SMILES string of the molecule is CN(C)CCN1N=C2CCCC2C1=O. The lowest BCUT2D eigenvalue weighted by Gasteiger charge is -2.16. The zero-order valence-corrected chi connectivity index (χ0v) is 8.86. The summed E-state index contributed by atoms with van der Waals surface area (Å²) in [4.78, 5) is 13.9. The summed E-state index contributed by atoms with van der Waals surface area (Å²) >= 11 is 0. The van der Waals surface area contributed by atoms with Gasteiger partial charge in [0.25, 0.3) is 5.91 Å². The molecule has 1 fully saturated rings. The minimum atomic E-state index is 0.136. The quantitative estimate of drug-likeness (QED) is 0.659. The van der Waals surface area contributed by atoms with E-state index in [0.29, 0.717) is 0 Å². The fraction of sp³-hybridized carbons (Fsp3) is 0.800. The van der Waals surface area contributed by atoms with Crippen molar-refractivity contribution in [2.75, 3.05) is 27.2 Å². The van der Waals surface area contributed by atoms with Gasteiger partial charge in [0.15, 0.2) is 0 Å². The van der Waals surface area contributed by atoms with Gasteiger partial charge in [-0.1, -0.05) is 0 Å². The number of likely N-dealkylation sites (N-methyl/N-ethyl adjacent to an activating group) is 1. The van der Waals surface area contributed by atoms with Crippen molar-refractivity contribution in [3.05, 3.63) is 0 Å². The van der Waals surface area contributed by atoms with Gasteiger partial charge in [0.1, 0.15) is 0 Å². The second kappa shape index (κ2) is 3.69. The lowest BCUT2D eigenvalue weighted by molar-refractivity contribution is -0.131. The zero-order valence-electron chi connectivity index (χ0n) is 8.86. The predicted molar refractivity (Wildman–Crippen MR) is 55.0 cm³/mol. The first-order chi connectivity index (χ1) is 6.68. The number of amides is 1. The first-order valence-electron chi connectivity index (χ1n) is 5.22. The Balaban J connectivity index is 1.95. The Kier molecular flexibility index (Phi) is 2.54. The van der Waals surface area contributed by atoms with E-state index in [-0.39, 0.29) is 11.8 Å². The molecule has 1 atom stereocenters. The number of hydrogen-bond acceptors (Lipinski definition) is 3. The van der Waals surface area contributed by atoms with Crippen molar-refractivity contribution in [1.29, 1.82) is 0 Å². The van der Waals surface area contributed by atoms with E-state index in [1.807, 2.05) is 14.1 Å². The highest BCUT2D eigenvalue weighted by Crippen LogP contribution is 2.29. The van der Waals surface area contributed by atoms with Crippen LogP contribution in [0, 0.1) is 5.92 Å². The van der Waals surface area contributed by atoms with Gasteiger partial charge in [0.05, 0.1) is 18.2 Å². The molecule has 78 valence electrons. The molecule has 1 aliphatic carbocycles. The van der Waals surface area contributed by atoms with Crippen LogP contribution in [0.4, 0.5) is 0 Å². The average Bonchev–Trinajstić information content (AvgIpc) is 2.66. The molecular formula is C10H17N3O. The van der Waals surface area contributed by atoms with Gasteiger partial charge in [0, 0.05) is 6.54 Å². The zero-order chi connectivity index (χ0) is 10.1. The fourth-order valence-electron chi connectivity index (χ4n) is 2.05. The molecule has 2 rings (SSSR count). The van der Waals surface area contributed by atoms with Crippen LogP contribution < -0.4 is 0 Å². The normalized spacial score (nSPS) is 25.9. The largest absolute Gasteiger partial charge is 0.308 e. The van der Waals surface area contributed by atoms with Crippen molar-refractivity contribution in [1.82, 2.24) is 9.91 Å². The number of rotatable bonds is 3. The third-order valence-corrected chi connectivity index (χ3v) is 2.89. The van der Waals surface area contributed by atoms with E-state index < -0.39 is 0 Å². The van der Waals surface area contributed by atoms with E-state index in [1.165, 1.54) is 0 Å². The summed E-state index contributed by atoms with van der Waals surface area (Å²) in [5, 5.41) is 6.03. The van der Waals surface area contributed by atoms with Gasteiger partial charge < -0.3 is 4.90 Å². The minimum absolute atomic E-state index is 0.136. The highest BCUT2D eigenvalue weighted by atomic mass is 16.2. The van der Waals surface area contributed by atoms with Crippen LogP contribution in [-0.2, 0) is 4.79 Å². The van der Waals surface area contributed by atoms with Crippen molar-refractivity contribution < 1.29 is 4.79 Å². The lowest BCUT2D eigenvalue weighted by Crippen LogP contribution is -2.32. The van der Waals surface area contributed by atoms with Crippen LogP contribution >= 0.6 is 0 Å². The van der Waals surface area contributed by atoms with Crippen LogP contribution in [0.3, 0.4) is 0 Å². The van der Waals surface area contributed by atoms with E-state index >= 15 is 0 Å². The molecule has 0 bridgehead atoms. The molecule has 1 saturated carbocycles. The number of nitrogens with zero attached hydrogens (tertiary/aromatic N) is 3. The summed E-state index contributed by atoms with van der Waals surface area (Å²) in [6.45, 7) is 1.61. The smallest absolute Gasteiger partial charge is 0.251 e. The van der Waals surface area contributed by atoms with E-state index in [0.717, 1.165) is 38.1 Å². The Morgan fingerprint density at radius 2 is 2.36 bits per heavy atom. The Morgan fingerprint density at radius 3 is 3.00 bits per heavy atom. The average molecular weight is 195 g/mol. The summed E-state index contributed by atoms with van der Waals surface area (Å²) in [6.07, 6.45) is 3.17. The minimum Gasteiger partial charge on any atom is -0.308 e. The fourth-order valence-corrected chi connectivity index (χ4v) is 2.05. The number of hydrogen-bond donors (Lipinski definition) is 0. The molecule has 1 aliphatic heterocycles. The molecule has 0 radical (unpaired) electrons. The molecule has 0 aromatic heterocycles. The van der Waals surface area contributed by atoms with Gasteiger partial charge in [-0.2, -0.15) is 5.10 Å². The molecule has 2 aliphatic rings. The van der Waals surface area contributed by atoms with Gasteiger partial charge in [-0.15, -0.1) is 0 Å². The molecular weight excluding hydrogens is 178 g/mol. The van der Waals surface area contributed by atoms with Crippen LogP contribution in [0.2, 0.25) is 0 Å². The van der Waals surface area contributed by atoms with Crippen molar-refractivity contribution >= 4 is 11.6 Å². The van der Waals surface area contributed by atoms with Gasteiger partial charge >= 0.3 is 0 Å². The number of carbonyl (C=O) groups is 1. The first-order valence-corrected chi connectivity index (χ1v) is 5.22. The number of carbonyl (C=O) groups excluding carboxylic acids is 1. The molecule has 0 aromatic carbocycles. The maximum absolute atomic E-state index is 11.8. The monoisotopic (exact) mass is 195 g/mol. The number of hydrazone groups is 1. The maximum Gasteiger partial charge on any atom is 0.251 e. The molecule has 4 heteroatoms. The summed E-state index contributed by atoms with van der Waals surface area (Å²) in [5.41, 5.74) is 1.12. The van der Waals surface area contributed by atoms with Crippen molar-refractivity contribution in [3.8, 4) is 0 Å². The Morgan fingerprint density at radius 1 is 1.57 bits per heavy atom. The summed E-state index contributed by atoms with van der Waals surface area (Å²) < 4.78 is 0. The lowest BCUT2D eigenvalue weighted by atomic mass is 10.1. The number of fused-ring (bicyclic) bond motifs is 1. The van der Waals surface area contributed by atoms with E-state index in [9.17, 15) is 4.79 Å². The molecule has 0 saturated heterocycles. The first kappa shape index (κ1) is 9.65. The van der Waals surface area contributed by atoms with Gasteiger partial charge in [-0.05, 0) is 33.4 Å². The topological polar surface area (TPSA) is 35.9 Å². The molecule has 1 heterocycles. The predicted octanol–water partition coefficient (Wildman–Crippen LogP) is 0.546. The third kappa shape index (κ3) is 1.66. The van der Waals surface area contributed by atoms with Crippen molar-refractivity contribution in [2.45, 2.75) is 19.3 Å². The third-order valence-electron chi connectivity index (χ3n) is 2.89. The summed E-state index contributed by atoms with van der Waals surface area (Å²) in [6, 6.07) is 0.